The van der Waals surface area contributed by atoms with Crippen LogP contribution in [-0.4, -0.2) is 47.7 Å². The molecule has 4 rings (SSSR count). The van der Waals surface area contributed by atoms with Crippen LogP contribution in [0.25, 0.3) is 16.7 Å². The first-order valence-electron chi connectivity index (χ1n) is 8.30. The van der Waals surface area contributed by atoms with Gasteiger partial charge in [0.25, 0.3) is 0 Å². The first kappa shape index (κ1) is 15.1. The minimum absolute atomic E-state index is 0.190. The highest BCUT2D eigenvalue weighted by atomic mass is 19.1. The number of pyridine rings is 1. The third-order valence-corrected chi connectivity index (χ3v) is 4.79. The zero-order valence-electron chi connectivity index (χ0n) is 14.0. The second kappa shape index (κ2) is 5.91. The third kappa shape index (κ3) is 2.55. The summed E-state index contributed by atoms with van der Waals surface area (Å²) in [5, 5.41) is 0.641. The Bertz CT molecular complexity index is 878. The quantitative estimate of drug-likeness (QED) is 0.723. The number of anilines is 1. The SMILES string of the molecule is Cc1ccc(F)c2ccn(-c3cccc(N4CCN(C)CC4)n3)c12. The van der Waals surface area contributed by atoms with Gasteiger partial charge in [0, 0.05) is 37.8 Å². The van der Waals surface area contributed by atoms with Gasteiger partial charge in [-0.1, -0.05) is 12.1 Å². The van der Waals surface area contributed by atoms with Gasteiger partial charge in [0.05, 0.1) is 5.52 Å². The molecule has 24 heavy (non-hydrogen) atoms. The molecule has 3 aromatic rings. The molecule has 1 aromatic carbocycles. The Hall–Kier alpha value is -2.40. The average Bonchev–Trinajstić information content (AvgIpc) is 3.05. The summed E-state index contributed by atoms with van der Waals surface area (Å²) < 4.78 is 16.0. The summed E-state index contributed by atoms with van der Waals surface area (Å²) in [6.07, 6.45) is 1.90. The average molecular weight is 324 g/mol. The van der Waals surface area contributed by atoms with Crippen molar-refractivity contribution >= 4 is 16.7 Å². The molecule has 0 saturated carbocycles. The van der Waals surface area contributed by atoms with Crippen molar-refractivity contribution < 1.29 is 4.39 Å². The smallest absolute Gasteiger partial charge is 0.139 e. The van der Waals surface area contributed by atoms with Crippen LogP contribution in [0.4, 0.5) is 10.2 Å². The van der Waals surface area contributed by atoms with Crippen molar-refractivity contribution in [2.45, 2.75) is 6.92 Å². The van der Waals surface area contributed by atoms with Crippen molar-refractivity contribution in [1.29, 1.82) is 0 Å². The molecule has 3 heterocycles. The van der Waals surface area contributed by atoms with Crippen molar-refractivity contribution in [2.75, 3.05) is 38.1 Å². The molecule has 2 aromatic heterocycles. The second-order valence-electron chi connectivity index (χ2n) is 6.46. The number of piperazine rings is 1. The molecule has 1 fully saturated rings. The Morgan fingerprint density at radius 1 is 0.958 bits per heavy atom. The molecule has 1 aliphatic heterocycles. The molecule has 0 bridgehead atoms. The zero-order chi connectivity index (χ0) is 16.7. The predicted molar refractivity (Wildman–Crippen MR) is 95.5 cm³/mol. The van der Waals surface area contributed by atoms with Gasteiger partial charge in [-0.05, 0) is 43.8 Å². The van der Waals surface area contributed by atoms with Gasteiger partial charge < -0.3 is 14.4 Å². The Kier molecular flexibility index (Phi) is 3.73. The van der Waals surface area contributed by atoms with E-state index >= 15 is 0 Å². The zero-order valence-corrected chi connectivity index (χ0v) is 14.0. The van der Waals surface area contributed by atoms with Crippen molar-refractivity contribution in [3.8, 4) is 5.82 Å². The summed E-state index contributed by atoms with van der Waals surface area (Å²) in [6.45, 7) is 6.05. The van der Waals surface area contributed by atoms with Crippen LogP contribution in [0.5, 0.6) is 0 Å². The number of aromatic nitrogens is 2. The number of hydrogen-bond donors (Lipinski definition) is 0. The molecule has 0 spiro atoms. The van der Waals surface area contributed by atoms with Gasteiger partial charge in [-0.3, -0.25) is 0 Å². The summed E-state index contributed by atoms with van der Waals surface area (Å²) in [5.74, 6) is 1.62. The summed E-state index contributed by atoms with van der Waals surface area (Å²) in [4.78, 5) is 9.47. The molecule has 0 radical (unpaired) electrons. The van der Waals surface area contributed by atoms with Crippen LogP contribution in [0.1, 0.15) is 5.56 Å². The lowest BCUT2D eigenvalue weighted by Crippen LogP contribution is -2.44. The minimum atomic E-state index is -0.190. The summed E-state index contributed by atoms with van der Waals surface area (Å²) in [7, 11) is 2.14. The van der Waals surface area contributed by atoms with E-state index in [4.69, 9.17) is 4.98 Å². The fourth-order valence-corrected chi connectivity index (χ4v) is 3.34. The number of aryl methyl sites for hydroxylation is 1. The van der Waals surface area contributed by atoms with Gasteiger partial charge >= 0.3 is 0 Å². The Labute approximate surface area is 141 Å². The molecular formula is C19H21FN4. The number of nitrogens with zero attached hydrogens (tertiary/aromatic N) is 4. The Morgan fingerprint density at radius 2 is 1.71 bits per heavy atom. The topological polar surface area (TPSA) is 24.3 Å². The number of benzene rings is 1. The fourth-order valence-electron chi connectivity index (χ4n) is 3.34. The van der Waals surface area contributed by atoms with Gasteiger partial charge in [-0.15, -0.1) is 0 Å². The largest absolute Gasteiger partial charge is 0.354 e. The van der Waals surface area contributed by atoms with Crippen molar-refractivity contribution in [3.63, 3.8) is 0 Å². The van der Waals surface area contributed by atoms with E-state index in [1.807, 2.05) is 48.0 Å². The highest BCUT2D eigenvalue weighted by molar-refractivity contribution is 5.85. The van der Waals surface area contributed by atoms with Crippen molar-refractivity contribution in [2.24, 2.45) is 0 Å². The molecule has 5 heteroatoms. The van der Waals surface area contributed by atoms with Crippen molar-refractivity contribution in [1.82, 2.24) is 14.5 Å². The highest BCUT2D eigenvalue weighted by Crippen LogP contribution is 2.26. The van der Waals surface area contributed by atoms with E-state index in [9.17, 15) is 4.39 Å². The molecule has 0 aliphatic carbocycles. The second-order valence-corrected chi connectivity index (χ2v) is 6.46. The first-order chi connectivity index (χ1) is 11.6. The third-order valence-electron chi connectivity index (χ3n) is 4.79. The number of hydrogen-bond acceptors (Lipinski definition) is 3. The molecule has 0 atom stereocenters. The Balaban J connectivity index is 1.75. The van der Waals surface area contributed by atoms with E-state index in [2.05, 4.69) is 16.8 Å². The van der Waals surface area contributed by atoms with Gasteiger partial charge in [-0.25, -0.2) is 9.37 Å². The van der Waals surface area contributed by atoms with Crippen LogP contribution in [0.3, 0.4) is 0 Å². The van der Waals surface area contributed by atoms with E-state index in [1.165, 1.54) is 6.07 Å². The normalized spacial score (nSPS) is 16.0. The number of fused-ring (bicyclic) bond motifs is 1. The summed E-state index contributed by atoms with van der Waals surface area (Å²) in [5.41, 5.74) is 1.93. The van der Waals surface area contributed by atoms with E-state index < -0.39 is 0 Å². The minimum Gasteiger partial charge on any atom is -0.354 e. The lowest BCUT2D eigenvalue weighted by molar-refractivity contribution is 0.312. The van der Waals surface area contributed by atoms with Crippen LogP contribution in [0.2, 0.25) is 0 Å². The molecule has 0 amide bonds. The van der Waals surface area contributed by atoms with Crippen LogP contribution in [0, 0.1) is 12.7 Å². The lowest BCUT2D eigenvalue weighted by atomic mass is 10.1. The summed E-state index contributed by atoms with van der Waals surface area (Å²) in [6, 6.07) is 11.2. The van der Waals surface area contributed by atoms with Crippen LogP contribution in [-0.2, 0) is 0 Å². The molecular weight excluding hydrogens is 303 g/mol. The maximum atomic E-state index is 14.1. The molecule has 124 valence electrons. The van der Waals surface area contributed by atoms with Crippen molar-refractivity contribution in [3.05, 3.63) is 54.0 Å². The molecule has 0 N–H and O–H groups in total. The van der Waals surface area contributed by atoms with E-state index in [0.29, 0.717) is 5.39 Å². The molecule has 4 nitrogen and oxygen atoms in total. The standard InChI is InChI=1S/C19H21FN4/c1-14-6-7-16(20)15-8-9-24(19(14)15)18-5-3-4-17(21-18)23-12-10-22(2)11-13-23/h3-9H,10-13H2,1-2H3. The number of halogens is 1. The fraction of sp³-hybridized carbons (Fsp3) is 0.316. The number of rotatable bonds is 2. The highest BCUT2D eigenvalue weighted by Gasteiger charge is 2.16. The van der Waals surface area contributed by atoms with Crippen LogP contribution < -0.4 is 4.90 Å². The molecule has 1 aliphatic rings. The van der Waals surface area contributed by atoms with Gasteiger partial charge in [0.15, 0.2) is 0 Å². The van der Waals surface area contributed by atoms with Gasteiger partial charge in [0.2, 0.25) is 0 Å². The van der Waals surface area contributed by atoms with Crippen LogP contribution in [0.15, 0.2) is 42.6 Å². The maximum Gasteiger partial charge on any atom is 0.139 e. The van der Waals surface area contributed by atoms with E-state index in [0.717, 1.165) is 48.9 Å². The van der Waals surface area contributed by atoms with Crippen LogP contribution >= 0.6 is 0 Å². The van der Waals surface area contributed by atoms with Gasteiger partial charge in [0.1, 0.15) is 17.5 Å². The lowest BCUT2D eigenvalue weighted by Gasteiger charge is -2.33. The first-order valence-corrected chi connectivity index (χ1v) is 8.30. The number of likely N-dealkylation sites (N-methyl/N-ethyl adjacent to an activating group) is 1. The van der Waals surface area contributed by atoms with Gasteiger partial charge in [-0.2, -0.15) is 0 Å². The molecule has 0 unspecified atom stereocenters. The predicted octanol–water partition coefficient (Wildman–Crippen LogP) is 3.22. The molecule has 1 saturated heterocycles. The Morgan fingerprint density at radius 3 is 2.50 bits per heavy atom. The maximum absolute atomic E-state index is 14.1. The monoisotopic (exact) mass is 324 g/mol. The summed E-state index contributed by atoms with van der Waals surface area (Å²) >= 11 is 0. The van der Waals surface area contributed by atoms with E-state index in [-0.39, 0.29) is 5.82 Å². The van der Waals surface area contributed by atoms with E-state index in [1.54, 1.807) is 0 Å².